The van der Waals surface area contributed by atoms with Gasteiger partial charge in [-0.05, 0) is 36.0 Å². The molecule has 1 amide bonds. The fourth-order valence-electron chi connectivity index (χ4n) is 4.06. The average Bonchev–Trinajstić information content (AvgIpc) is 2.72. The molecule has 0 spiro atoms. The topological polar surface area (TPSA) is 131 Å². The molecule has 1 aliphatic carbocycles. The average molecular weight is 444 g/mol. The normalized spacial score (nSPS) is 14.8. The second kappa shape index (κ2) is 9.02. The standard InChI is InChI=1S/C23H29N3O6/c1-23(2,3)14-9-11-16(12-10-14)26-21(31)18(19(29)24-13-17(27)28)20(30)25(22(26)32)15-7-5-4-6-8-15/h9-12,15,30H,4-8,13H2,1-3H3,(H,24,29)(H,27,28). The van der Waals surface area contributed by atoms with Crippen molar-refractivity contribution < 1.29 is 19.8 Å². The Morgan fingerprint density at radius 2 is 1.66 bits per heavy atom. The molecule has 3 N–H and O–H groups in total. The van der Waals surface area contributed by atoms with Gasteiger partial charge in [0.25, 0.3) is 11.5 Å². The van der Waals surface area contributed by atoms with E-state index in [0.29, 0.717) is 12.8 Å². The van der Waals surface area contributed by atoms with Gasteiger partial charge >= 0.3 is 11.7 Å². The van der Waals surface area contributed by atoms with Gasteiger partial charge in [0.1, 0.15) is 6.54 Å². The van der Waals surface area contributed by atoms with Gasteiger partial charge in [0.15, 0.2) is 5.56 Å². The zero-order valence-corrected chi connectivity index (χ0v) is 18.6. The number of aromatic hydroxyl groups is 1. The predicted octanol–water partition coefficient (Wildman–Crippen LogP) is 2.32. The Kier molecular flexibility index (Phi) is 6.57. The lowest BCUT2D eigenvalue weighted by atomic mass is 9.87. The summed E-state index contributed by atoms with van der Waals surface area (Å²) in [6.07, 6.45) is 3.98. The molecule has 0 saturated heterocycles. The number of carbonyl (C=O) groups excluding carboxylic acids is 1. The number of carboxylic acids is 1. The number of rotatable bonds is 5. The number of nitrogens with zero attached hydrogens (tertiary/aromatic N) is 2. The van der Waals surface area contributed by atoms with Crippen molar-refractivity contribution in [2.75, 3.05) is 6.54 Å². The third-order valence-corrected chi connectivity index (χ3v) is 5.82. The van der Waals surface area contributed by atoms with E-state index in [0.717, 1.165) is 34.0 Å². The molecule has 32 heavy (non-hydrogen) atoms. The van der Waals surface area contributed by atoms with Crippen LogP contribution >= 0.6 is 0 Å². The van der Waals surface area contributed by atoms with Gasteiger partial charge in [0.2, 0.25) is 5.88 Å². The predicted molar refractivity (Wildman–Crippen MR) is 119 cm³/mol. The van der Waals surface area contributed by atoms with E-state index >= 15 is 0 Å². The molecule has 9 heteroatoms. The number of hydrogen-bond acceptors (Lipinski definition) is 5. The van der Waals surface area contributed by atoms with Crippen LogP contribution in [0.3, 0.4) is 0 Å². The summed E-state index contributed by atoms with van der Waals surface area (Å²) in [5.74, 6) is -3.06. The van der Waals surface area contributed by atoms with E-state index in [1.807, 2.05) is 32.9 Å². The molecule has 1 fully saturated rings. The second-order valence-electron chi connectivity index (χ2n) is 9.16. The highest BCUT2D eigenvalue weighted by Crippen LogP contribution is 2.30. The van der Waals surface area contributed by atoms with E-state index in [4.69, 9.17) is 5.11 Å². The fraction of sp³-hybridized carbons (Fsp3) is 0.478. The van der Waals surface area contributed by atoms with Crippen molar-refractivity contribution in [3.63, 3.8) is 0 Å². The first-order valence-electron chi connectivity index (χ1n) is 10.7. The molecule has 0 aliphatic heterocycles. The van der Waals surface area contributed by atoms with E-state index in [9.17, 15) is 24.3 Å². The molecule has 1 aromatic carbocycles. The molecule has 0 bridgehead atoms. The Balaban J connectivity index is 2.22. The molecular formula is C23H29N3O6. The minimum Gasteiger partial charge on any atom is -0.494 e. The van der Waals surface area contributed by atoms with Crippen LogP contribution in [0.15, 0.2) is 33.9 Å². The van der Waals surface area contributed by atoms with Crippen LogP contribution in [0, 0.1) is 0 Å². The Morgan fingerprint density at radius 1 is 1.06 bits per heavy atom. The lowest BCUT2D eigenvalue weighted by Crippen LogP contribution is -2.45. The molecule has 1 aliphatic rings. The SMILES string of the molecule is CC(C)(C)c1ccc(-n2c(=O)c(C(=O)NCC(=O)O)c(O)n(C3CCCCC3)c2=O)cc1. The summed E-state index contributed by atoms with van der Waals surface area (Å²) in [5, 5.41) is 21.8. The van der Waals surface area contributed by atoms with E-state index in [1.165, 1.54) is 0 Å². The lowest BCUT2D eigenvalue weighted by molar-refractivity contribution is -0.135. The van der Waals surface area contributed by atoms with Crippen molar-refractivity contribution in [3.05, 3.63) is 56.2 Å². The number of aromatic nitrogens is 2. The largest absolute Gasteiger partial charge is 0.494 e. The Bertz CT molecular complexity index is 1130. The van der Waals surface area contributed by atoms with Gasteiger partial charge in [0.05, 0.1) is 5.69 Å². The van der Waals surface area contributed by atoms with Crippen molar-refractivity contribution in [2.45, 2.75) is 64.3 Å². The van der Waals surface area contributed by atoms with Crippen LogP contribution in [0.4, 0.5) is 0 Å². The van der Waals surface area contributed by atoms with Crippen LogP contribution in [-0.4, -0.2) is 37.8 Å². The molecule has 0 atom stereocenters. The Morgan fingerprint density at radius 3 is 2.19 bits per heavy atom. The molecule has 1 aromatic heterocycles. The number of nitrogens with one attached hydrogen (secondary N) is 1. The maximum atomic E-state index is 13.4. The zero-order chi connectivity index (χ0) is 23.6. The van der Waals surface area contributed by atoms with Gasteiger partial charge in [-0.15, -0.1) is 0 Å². The highest BCUT2D eigenvalue weighted by molar-refractivity contribution is 5.97. The highest BCUT2D eigenvalue weighted by Gasteiger charge is 2.29. The molecule has 2 aromatic rings. The van der Waals surface area contributed by atoms with Gasteiger partial charge in [-0.25, -0.2) is 9.36 Å². The molecule has 3 rings (SSSR count). The quantitative estimate of drug-likeness (QED) is 0.650. The van der Waals surface area contributed by atoms with E-state index in [-0.39, 0.29) is 17.1 Å². The summed E-state index contributed by atoms with van der Waals surface area (Å²) in [4.78, 5) is 50.1. The number of carboxylic acid groups (broad SMARTS) is 1. The van der Waals surface area contributed by atoms with Gasteiger partial charge in [-0.1, -0.05) is 52.2 Å². The van der Waals surface area contributed by atoms with Crippen molar-refractivity contribution in [2.24, 2.45) is 0 Å². The molecule has 1 saturated carbocycles. The van der Waals surface area contributed by atoms with E-state index < -0.39 is 41.1 Å². The maximum Gasteiger partial charge on any atom is 0.338 e. The highest BCUT2D eigenvalue weighted by atomic mass is 16.4. The first-order chi connectivity index (χ1) is 15.0. The summed E-state index contributed by atoms with van der Waals surface area (Å²) in [6.45, 7) is 5.39. The summed E-state index contributed by atoms with van der Waals surface area (Å²) < 4.78 is 1.98. The molecule has 0 unspecified atom stereocenters. The molecule has 172 valence electrons. The third-order valence-electron chi connectivity index (χ3n) is 5.82. The van der Waals surface area contributed by atoms with Crippen LogP contribution < -0.4 is 16.6 Å². The first-order valence-corrected chi connectivity index (χ1v) is 10.7. The summed E-state index contributed by atoms with van der Waals surface area (Å²) >= 11 is 0. The number of benzene rings is 1. The number of carbonyl (C=O) groups is 2. The third kappa shape index (κ3) is 4.61. The van der Waals surface area contributed by atoms with Gasteiger partial charge in [0, 0.05) is 6.04 Å². The second-order valence-corrected chi connectivity index (χ2v) is 9.16. The fourth-order valence-corrected chi connectivity index (χ4v) is 4.06. The van der Waals surface area contributed by atoms with Crippen molar-refractivity contribution >= 4 is 11.9 Å². The van der Waals surface area contributed by atoms with Crippen LogP contribution in [0.2, 0.25) is 0 Å². The van der Waals surface area contributed by atoms with Crippen LogP contribution in [-0.2, 0) is 10.2 Å². The van der Waals surface area contributed by atoms with Gasteiger partial charge < -0.3 is 15.5 Å². The zero-order valence-electron chi connectivity index (χ0n) is 18.6. The van der Waals surface area contributed by atoms with Crippen LogP contribution in [0.5, 0.6) is 5.88 Å². The number of amides is 1. The van der Waals surface area contributed by atoms with Crippen molar-refractivity contribution in [3.8, 4) is 11.6 Å². The lowest BCUT2D eigenvalue weighted by Gasteiger charge is -2.26. The molecule has 1 heterocycles. The van der Waals surface area contributed by atoms with Gasteiger partial charge in [-0.3, -0.25) is 19.0 Å². The molecule has 9 nitrogen and oxygen atoms in total. The first kappa shape index (κ1) is 23.3. The van der Waals surface area contributed by atoms with Gasteiger partial charge in [-0.2, -0.15) is 0 Å². The van der Waals surface area contributed by atoms with E-state index in [2.05, 4.69) is 5.32 Å². The van der Waals surface area contributed by atoms with Crippen LogP contribution in [0.25, 0.3) is 5.69 Å². The van der Waals surface area contributed by atoms with Crippen molar-refractivity contribution in [1.82, 2.24) is 14.5 Å². The van der Waals surface area contributed by atoms with Crippen molar-refractivity contribution in [1.29, 1.82) is 0 Å². The molecular weight excluding hydrogens is 414 g/mol. The smallest absolute Gasteiger partial charge is 0.338 e. The summed E-state index contributed by atoms with van der Waals surface area (Å²) in [5.41, 5.74) is -1.23. The number of hydrogen-bond donors (Lipinski definition) is 3. The van der Waals surface area contributed by atoms with Crippen LogP contribution in [0.1, 0.15) is 74.8 Å². The Labute approximate surface area is 185 Å². The minimum atomic E-state index is -1.29. The summed E-state index contributed by atoms with van der Waals surface area (Å²) in [7, 11) is 0. The number of aliphatic carboxylic acids is 1. The van der Waals surface area contributed by atoms with E-state index in [1.54, 1.807) is 12.1 Å². The summed E-state index contributed by atoms with van der Waals surface area (Å²) in [6, 6.07) is 6.52. The molecule has 0 radical (unpaired) electrons. The minimum absolute atomic E-state index is 0.136. The monoisotopic (exact) mass is 443 g/mol. The Hall–Kier alpha value is -3.36. The maximum absolute atomic E-state index is 13.4.